The van der Waals surface area contributed by atoms with Gasteiger partial charge in [-0.1, -0.05) is 0 Å². The van der Waals surface area contributed by atoms with Gasteiger partial charge in [0.05, 0.1) is 16.4 Å². The van der Waals surface area contributed by atoms with Crippen molar-refractivity contribution >= 4 is 20.1 Å². The molecule has 0 saturated carbocycles. The van der Waals surface area contributed by atoms with Crippen LogP contribution < -0.4 is 5.14 Å². The predicted molar refractivity (Wildman–Crippen MR) is 61.6 cm³/mol. The molecule has 0 saturated heterocycles. The van der Waals surface area contributed by atoms with Gasteiger partial charge < -0.3 is 0 Å². The van der Waals surface area contributed by atoms with Crippen LogP contribution in [0.2, 0.25) is 0 Å². The van der Waals surface area contributed by atoms with Crippen molar-refractivity contribution in [1.82, 2.24) is 0 Å². The molecule has 0 aliphatic heterocycles. The number of nitrogens with two attached hydrogens (primary N) is 1. The maximum atomic E-state index is 11.3. The number of sulfonamides is 1. The summed E-state index contributed by atoms with van der Waals surface area (Å²) >= 11 is 0. The molecular weight excluding hydrogens is 282 g/mol. The van der Waals surface area contributed by atoms with E-state index in [4.69, 9.17) is 9.69 Å². The summed E-state index contributed by atoms with van der Waals surface area (Å²) in [6.45, 7) is 0.669. The summed E-state index contributed by atoms with van der Waals surface area (Å²) in [7, 11) is -8.71. The summed E-state index contributed by atoms with van der Waals surface area (Å²) in [6.07, 6.45) is -0.0642. The summed E-state index contributed by atoms with van der Waals surface area (Å²) in [6, 6.07) is 2.20. The van der Waals surface area contributed by atoms with Crippen molar-refractivity contribution in [3.05, 3.63) is 23.3 Å². The quantitative estimate of drug-likeness (QED) is 0.745. The molecule has 101 valence electrons. The van der Waals surface area contributed by atoms with Crippen LogP contribution in [-0.4, -0.2) is 28.0 Å². The van der Waals surface area contributed by atoms with Crippen LogP contribution in [0.4, 0.5) is 0 Å². The molecule has 0 aliphatic rings. The van der Waals surface area contributed by atoms with E-state index in [0.717, 1.165) is 12.1 Å². The zero-order valence-electron chi connectivity index (χ0n) is 9.45. The lowest BCUT2D eigenvalue weighted by molar-refractivity contribution is 0.197. The minimum absolute atomic E-state index is 0.0642. The van der Waals surface area contributed by atoms with E-state index in [1.54, 1.807) is 0 Å². The number of benzene rings is 1. The first-order chi connectivity index (χ1) is 8.07. The van der Waals surface area contributed by atoms with Crippen LogP contribution in [0.25, 0.3) is 0 Å². The second-order valence-electron chi connectivity index (χ2n) is 3.69. The van der Waals surface area contributed by atoms with Crippen molar-refractivity contribution in [3.63, 3.8) is 0 Å². The molecule has 1 aromatic carbocycles. The van der Waals surface area contributed by atoms with Gasteiger partial charge in [0.2, 0.25) is 10.0 Å². The second-order valence-corrected chi connectivity index (χ2v) is 6.61. The van der Waals surface area contributed by atoms with Crippen molar-refractivity contribution in [2.24, 2.45) is 5.14 Å². The fraction of sp³-hybridized carbons (Fsp3) is 0.333. The van der Waals surface area contributed by atoms with Gasteiger partial charge >= 0.3 is 0 Å². The third kappa shape index (κ3) is 3.27. The Hall–Kier alpha value is -1.00. The van der Waals surface area contributed by atoms with Crippen LogP contribution >= 0.6 is 0 Å². The first-order valence-corrected chi connectivity index (χ1v) is 7.78. The van der Waals surface area contributed by atoms with Crippen molar-refractivity contribution in [3.8, 4) is 0 Å². The molecule has 18 heavy (non-hydrogen) atoms. The smallest absolute Gasteiger partial charge is 0.282 e. The van der Waals surface area contributed by atoms with Crippen LogP contribution in [-0.2, 0) is 31.7 Å². The van der Waals surface area contributed by atoms with E-state index >= 15 is 0 Å². The molecular formula is C9H12NO6S2. The Morgan fingerprint density at radius 3 is 2.06 bits per heavy atom. The average Bonchev–Trinajstić information content (AvgIpc) is 2.17. The molecule has 1 aromatic rings. The first kappa shape index (κ1) is 15.1. The normalized spacial score (nSPS) is 12.7. The lowest BCUT2D eigenvalue weighted by Crippen LogP contribution is -2.16. The largest absolute Gasteiger partial charge is 0.294 e. The summed E-state index contributed by atoms with van der Waals surface area (Å²) in [5.74, 6) is 0. The number of hydrogen-bond donors (Lipinski definition) is 2. The number of rotatable bonds is 4. The Morgan fingerprint density at radius 1 is 1.17 bits per heavy atom. The number of hydrogen-bond acceptors (Lipinski definition) is 4. The first-order valence-electron chi connectivity index (χ1n) is 4.79. The molecule has 0 spiro atoms. The van der Waals surface area contributed by atoms with E-state index in [0.29, 0.717) is 0 Å². The summed E-state index contributed by atoms with van der Waals surface area (Å²) in [4.78, 5) is -0.974. The highest BCUT2D eigenvalue weighted by molar-refractivity contribution is 7.89. The minimum Gasteiger partial charge on any atom is -0.282 e. The Labute approximate surface area is 105 Å². The van der Waals surface area contributed by atoms with Gasteiger partial charge in [0.15, 0.2) is 0 Å². The van der Waals surface area contributed by atoms with Gasteiger partial charge in [-0.2, -0.15) is 8.42 Å². The minimum atomic E-state index is -4.58. The molecule has 1 rings (SSSR count). The molecule has 3 N–H and O–H groups in total. The molecule has 0 aliphatic carbocycles. The molecule has 0 bridgehead atoms. The number of primary sulfonamides is 1. The zero-order valence-corrected chi connectivity index (χ0v) is 11.1. The van der Waals surface area contributed by atoms with E-state index in [2.05, 4.69) is 0 Å². The third-order valence-electron chi connectivity index (χ3n) is 2.35. The lowest BCUT2D eigenvalue weighted by atomic mass is 10.1. The Balaban J connectivity index is 3.70. The second kappa shape index (κ2) is 4.94. The van der Waals surface area contributed by atoms with Crippen LogP contribution in [0.3, 0.4) is 0 Å². The van der Waals surface area contributed by atoms with Gasteiger partial charge in [-0.05, 0) is 36.6 Å². The fourth-order valence-electron chi connectivity index (χ4n) is 1.54. The molecule has 0 amide bonds. The van der Waals surface area contributed by atoms with Crippen LogP contribution in [0.15, 0.2) is 21.9 Å². The molecule has 0 atom stereocenters. The van der Waals surface area contributed by atoms with Gasteiger partial charge in [0.25, 0.3) is 10.1 Å². The van der Waals surface area contributed by atoms with Gasteiger partial charge in [-0.15, -0.1) is 0 Å². The van der Waals surface area contributed by atoms with Gasteiger partial charge in [0.1, 0.15) is 0 Å². The van der Waals surface area contributed by atoms with Crippen molar-refractivity contribution < 1.29 is 26.5 Å². The van der Waals surface area contributed by atoms with Crippen LogP contribution in [0, 0.1) is 6.92 Å². The lowest BCUT2D eigenvalue weighted by Gasteiger charge is -2.10. The molecule has 1 radical (unpaired) electrons. The summed E-state index contributed by atoms with van der Waals surface area (Å²) in [5, 5.41) is 15.5. The predicted octanol–water partition coefficient (Wildman–Crippen LogP) is -0.138. The van der Waals surface area contributed by atoms with Gasteiger partial charge in [-0.25, -0.2) is 18.7 Å². The van der Waals surface area contributed by atoms with E-state index in [9.17, 15) is 21.9 Å². The Bertz CT molecular complexity index is 609. The highest BCUT2D eigenvalue weighted by Gasteiger charge is 2.22. The monoisotopic (exact) mass is 294 g/mol. The van der Waals surface area contributed by atoms with Gasteiger partial charge in [0, 0.05) is 0 Å². The van der Waals surface area contributed by atoms with E-state index in [-0.39, 0.29) is 17.5 Å². The Morgan fingerprint density at radius 2 is 1.67 bits per heavy atom. The third-order valence-corrected chi connectivity index (χ3v) is 4.36. The van der Waals surface area contributed by atoms with Crippen molar-refractivity contribution in [1.29, 1.82) is 0 Å². The highest BCUT2D eigenvalue weighted by Crippen LogP contribution is 2.24. The van der Waals surface area contributed by atoms with E-state index in [1.165, 1.54) is 6.92 Å². The molecule has 9 heteroatoms. The Kier molecular flexibility index (Phi) is 4.13. The molecule has 0 fully saturated rings. The SMILES string of the molecule is Cc1c(S(N)(=O)=O)cc(CC[O])cc1S(=O)(=O)O. The summed E-state index contributed by atoms with van der Waals surface area (Å²) < 4.78 is 53.9. The van der Waals surface area contributed by atoms with Crippen LogP contribution in [0.5, 0.6) is 0 Å². The van der Waals surface area contributed by atoms with Crippen molar-refractivity contribution in [2.75, 3.05) is 6.61 Å². The topological polar surface area (TPSA) is 134 Å². The maximum absolute atomic E-state index is 11.3. The molecule has 7 nitrogen and oxygen atoms in total. The molecule has 0 unspecified atom stereocenters. The average molecular weight is 294 g/mol. The molecule has 0 aromatic heterocycles. The fourth-order valence-corrected chi connectivity index (χ4v) is 3.26. The summed E-state index contributed by atoms with van der Waals surface area (Å²) in [5.41, 5.74) is 0.0156. The standard InChI is InChI=1S/C9H12NO6S2/c1-6-8(17(10,12)13)4-7(2-3-11)5-9(6)18(14,15)16/h4-5H,2-3H2,1H3,(H2,10,12,13)(H,14,15,16). The van der Waals surface area contributed by atoms with Crippen LogP contribution in [0.1, 0.15) is 11.1 Å². The zero-order chi connectivity index (χ0) is 14.1. The van der Waals surface area contributed by atoms with Crippen molar-refractivity contribution in [2.45, 2.75) is 23.1 Å². The highest BCUT2D eigenvalue weighted by atomic mass is 32.2. The maximum Gasteiger partial charge on any atom is 0.294 e. The molecule has 0 heterocycles. The van der Waals surface area contributed by atoms with Gasteiger partial charge in [-0.3, -0.25) is 4.55 Å². The van der Waals surface area contributed by atoms with E-state index < -0.39 is 36.5 Å². The van der Waals surface area contributed by atoms with E-state index in [1.807, 2.05) is 0 Å².